The fourth-order valence-corrected chi connectivity index (χ4v) is 3.11. The molecule has 1 aromatic rings. The molecule has 2 rings (SSSR count). The van der Waals surface area contributed by atoms with Crippen LogP contribution in [0.5, 0.6) is 0 Å². The van der Waals surface area contributed by atoms with Crippen LogP contribution in [0.15, 0.2) is 18.2 Å². The van der Waals surface area contributed by atoms with E-state index in [0.29, 0.717) is 10.7 Å². The van der Waals surface area contributed by atoms with Gasteiger partial charge in [0, 0.05) is 18.6 Å². The van der Waals surface area contributed by atoms with Crippen LogP contribution in [-0.2, 0) is 9.59 Å². The normalized spacial score (nSPS) is 21.3. The molecule has 23 heavy (non-hydrogen) atoms. The summed E-state index contributed by atoms with van der Waals surface area (Å²) in [4.78, 5) is 24.2. The predicted octanol–water partition coefficient (Wildman–Crippen LogP) is 2.64. The maximum Gasteiger partial charge on any atom is 0.313 e. The molecule has 2 atom stereocenters. The van der Waals surface area contributed by atoms with Gasteiger partial charge in [0.1, 0.15) is 0 Å². The number of carbonyl (C=O) groups is 2. The van der Waals surface area contributed by atoms with Gasteiger partial charge in [-0.05, 0) is 37.5 Å². The minimum absolute atomic E-state index is 0.0109. The lowest BCUT2D eigenvalue weighted by atomic mass is 9.95. The minimum atomic E-state index is -0.738. The van der Waals surface area contributed by atoms with E-state index in [2.05, 4.69) is 10.6 Å². The van der Waals surface area contributed by atoms with E-state index in [4.69, 9.17) is 11.6 Å². The number of aryl methyl sites for hydroxylation is 1. The summed E-state index contributed by atoms with van der Waals surface area (Å²) < 4.78 is 0. The van der Waals surface area contributed by atoms with Crippen molar-refractivity contribution in [3.05, 3.63) is 28.8 Å². The summed E-state index contributed by atoms with van der Waals surface area (Å²) in [6.07, 6.45) is 4.78. The molecule has 0 aromatic heterocycles. The average Bonchev–Trinajstić information content (AvgIpc) is 2.75. The Kier molecular flexibility index (Phi) is 6.42. The number of aliphatic hydroxyl groups excluding tert-OH is 1. The van der Waals surface area contributed by atoms with Crippen LogP contribution in [0.3, 0.4) is 0 Å². The molecule has 1 aliphatic rings. The number of hydrogen-bond donors (Lipinski definition) is 3. The Labute approximate surface area is 141 Å². The predicted molar refractivity (Wildman–Crippen MR) is 90.4 cm³/mol. The van der Waals surface area contributed by atoms with E-state index in [1.807, 2.05) is 13.0 Å². The number of aliphatic hydroxyl groups is 1. The van der Waals surface area contributed by atoms with Crippen molar-refractivity contribution in [1.29, 1.82) is 0 Å². The third-order valence-corrected chi connectivity index (χ3v) is 4.62. The minimum Gasteiger partial charge on any atom is -0.396 e. The molecule has 2 unspecified atom stereocenters. The number of carbonyl (C=O) groups excluding carboxylic acids is 2. The molecule has 0 saturated heterocycles. The summed E-state index contributed by atoms with van der Waals surface area (Å²) >= 11 is 6.02. The second-order valence-corrected chi connectivity index (χ2v) is 6.51. The van der Waals surface area contributed by atoms with Crippen LogP contribution in [0.2, 0.25) is 5.02 Å². The van der Waals surface area contributed by atoms with Crippen molar-refractivity contribution in [3.8, 4) is 0 Å². The van der Waals surface area contributed by atoms with Crippen LogP contribution >= 0.6 is 11.6 Å². The Bertz CT molecular complexity index is 577. The quantitative estimate of drug-likeness (QED) is 0.585. The highest BCUT2D eigenvalue weighted by Gasteiger charge is 2.27. The summed E-state index contributed by atoms with van der Waals surface area (Å²) in [5.74, 6) is -1.41. The van der Waals surface area contributed by atoms with Gasteiger partial charge in [-0.25, -0.2) is 0 Å². The van der Waals surface area contributed by atoms with Gasteiger partial charge in [0.15, 0.2) is 0 Å². The van der Waals surface area contributed by atoms with E-state index < -0.39 is 11.8 Å². The third kappa shape index (κ3) is 4.94. The smallest absolute Gasteiger partial charge is 0.313 e. The van der Waals surface area contributed by atoms with Crippen LogP contribution < -0.4 is 10.6 Å². The van der Waals surface area contributed by atoms with E-state index in [1.165, 1.54) is 0 Å². The SMILES string of the molecule is Cc1ccc(Cl)c(NC(=O)C(=O)NC2CCCCCC2CO)c1. The number of hydrogen-bond acceptors (Lipinski definition) is 3. The maximum atomic E-state index is 12.1. The second-order valence-electron chi connectivity index (χ2n) is 6.10. The molecular formula is C17H23ClN2O3. The van der Waals surface area contributed by atoms with Crippen LogP contribution in [0.4, 0.5) is 5.69 Å². The van der Waals surface area contributed by atoms with Crippen molar-refractivity contribution in [2.45, 2.75) is 45.1 Å². The molecule has 1 aliphatic carbocycles. The van der Waals surface area contributed by atoms with Crippen molar-refractivity contribution >= 4 is 29.1 Å². The average molecular weight is 339 g/mol. The standard InChI is InChI=1S/C17H23ClN2O3/c1-11-7-8-13(18)15(9-11)20-17(23)16(22)19-14-6-4-2-3-5-12(14)10-21/h7-9,12,14,21H,2-6,10H2,1H3,(H,19,22)(H,20,23). The van der Waals surface area contributed by atoms with E-state index >= 15 is 0 Å². The highest BCUT2D eigenvalue weighted by atomic mass is 35.5. The number of rotatable bonds is 3. The van der Waals surface area contributed by atoms with Gasteiger partial charge in [0.05, 0.1) is 10.7 Å². The van der Waals surface area contributed by atoms with E-state index in [9.17, 15) is 14.7 Å². The van der Waals surface area contributed by atoms with Gasteiger partial charge < -0.3 is 15.7 Å². The molecule has 0 heterocycles. The maximum absolute atomic E-state index is 12.1. The van der Waals surface area contributed by atoms with Crippen molar-refractivity contribution < 1.29 is 14.7 Å². The topological polar surface area (TPSA) is 78.4 Å². The Morgan fingerprint density at radius 3 is 2.70 bits per heavy atom. The zero-order valence-corrected chi connectivity index (χ0v) is 14.0. The van der Waals surface area contributed by atoms with Crippen LogP contribution in [0.1, 0.15) is 37.7 Å². The van der Waals surface area contributed by atoms with Crippen LogP contribution in [0, 0.1) is 12.8 Å². The first-order chi connectivity index (χ1) is 11.0. The fraction of sp³-hybridized carbons (Fsp3) is 0.529. The molecular weight excluding hydrogens is 316 g/mol. The number of anilines is 1. The number of halogens is 1. The first-order valence-corrected chi connectivity index (χ1v) is 8.38. The van der Waals surface area contributed by atoms with Gasteiger partial charge in [-0.2, -0.15) is 0 Å². The lowest BCUT2D eigenvalue weighted by Crippen LogP contribution is -2.45. The zero-order chi connectivity index (χ0) is 16.8. The molecule has 1 aromatic carbocycles. The third-order valence-electron chi connectivity index (χ3n) is 4.29. The van der Waals surface area contributed by atoms with Gasteiger partial charge in [-0.15, -0.1) is 0 Å². The second kappa shape index (κ2) is 8.31. The molecule has 126 valence electrons. The fourth-order valence-electron chi connectivity index (χ4n) is 2.94. The molecule has 3 N–H and O–H groups in total. The van der Waals surface area contributed by atoms with E-state index in [-0.39, 0.29) is 18.6 Å². The molecule has 6 heteroatoms. The number of nitrogens with one attached hydrogen (secondary N) is 2. The summed E-state index contributed by atoms with van der Waals surface area (Å²) in [6.45, 7) is 1.90. The van der Waals surface area contributed by atoms with Gasteiger partial charge in [0.25, 0.3) is 0 Å². The van der Waals surface area contributed by atoms with E-state index in [1.54, 1.807) is 12.1 Å². The molecule has 1 saturated carbocycles. The van der Waals surface area contributed by atoms with Crippen molar-refractivity contribution in [2.75, 3.05) is 11.9 Å². The lowest BCUT2D eigenvalue weighted by Gasteiger charge is -2.24. The Balaban J connectivity index is 1.98. The van der Waals surface area contributed by atoms with Crippen molar-refractivity contribution in [3.63, 3.8) is 0 Å². The van der Waals surface area contributed by atoms with Gasteiger partial charge in [-0.1, -0.05) is 36.9 Å². The van der Waals surface area contributed by atoms with Gasteiger partial charge in [-0.3, -0.25) is 9.59 Å². The molecule has 5 nitrogen and oxygen atoms in total. The molecule has 1 fully saturated rings. The number of amides is 2. The Morgan fingerprint density at radius 2 is 1.96 bits per heavy atom. The van der Waals surface area contributed by atoms with Crippen LogP contribution in [0.25, 0.3) is 0 Å². The molecule has 0 aliphatic heterocycles. The monoisotopic (exact) mass is 338 g/mol. The highest BCUT2D eigenvalue weighted by molar-refractivity contribution is 6.41. The van der Waals surface area contributed by atoms with Crippen molar-refractivity contribution in [2.24, 2.45) is 5.92 Å². The Hall–Kier alpha value is -1.59. The first-order valence-electron chi connectivity index (χ1n) is 8.00. The van der Waals surface area contributed by atoms with Crippen LogP contribution in [-0.4, -0.2) is 29.6 Å². The first kappa shape index (κ1) is 17.8. The summed E-state index contributed by atoms with van der Waals surface area (Å²) in [6, 6.07) is 5.07. The molecule has 0 spiro atoms. The lowest BCUT2D eigenvalue weighted by molar-refractivity contribution is -0.137. The highest BCUT2D eigenvalue weighted by Crippen LogP contribution is 2.24. The summed E-state index contributed by atoms with van der Waals surface area (Å²) in [7, 11) is 0. The van der Waals surface area contributed by atoms with Gasteiger partial charge >= 0.3 is 11.8 Å². The zero-order valence-electron chi connectivity index (χ0n) is 13.3. The van der Waals surface area contributed by atoms with Crippen molar-refractivity contribution in [1.82, 2.24) is 5.32 Å². The molecule has 0 radical (unpaired) electrons. The molecule has 2 amide bonds. The summed E-state index contributed by atoms with van der Waals surface area (Å²) in [5.41, 5.74) is 1.36. The number of benzene rings is 1. The van der Waals surface area contributed by atoms with Gasteiger partial charge in [0.2, 0.25) is 0 Å². The molecule has 0 bridgehead atoms. The van der Waals surface area contributed by atoms with E-state index in [0.717, 1.165) is 37.7 Å². The summed E-state index contributed by atoms with van der Waals surface area (Å²) in [5, 5.41) is 15.2. The Morgan fingerprint density at radius 1 is 1.22 bits per heavy atom. The largest absolute Gasteiger partial charge is 0.396 e.